The Bertz CT molecular complexity index is 332. The van der Waals surface area contributed by atoms with Crippen LogP contribution in [0.25, 0.3) is 0 Å². The van der Waals surface area contributed by atoms with Gasteiger partial charge in [-0.1, -0.05) is 19.1 Å². The highest BCUT2D eigenvalue weighted by molar-refractivity contribution is 7.71. The molecule has 0 aliphatic rings. The van der Waals surface area contributed by atoms with Gasteiger partial charge in [-0.3, -0.25) is 0 Å². The highest BCUT2D eigenvalue weighted by Crippen LogP contribution is 2.14. The van der Waals surface area contributed by atoms with Crippen LogP contribution in [0.3, 0.4) is 0 Å². The quantitative estimate of drug-likeness (QED) is 0.655. The maximum atomic E-state index is 5.43. The zero-order valence-corrected chi connectivity index (χ0v) is 9.66. The predicted molar refractivity (Wildman–Crippen MR) is 59.8 cm³/mol. The molecule has 72 valence electrons. The summed E-state index contributed by atoms with van der Waals surface area (Å²) in [6.07, 6.45) is 1.03. The number of rotatable bonds is 2. The van der Waals surface area contributed by atoms with Crippen molar-refractivity contribution in [1.29, 1.82) is 0 Å². The van der Waals surface area contributed by atoms with Crippen LogP contribution in [0.1, 0.15) is 30.7 Å². The maximum absolute atomic E-state index is 5.43. The first kappa shape index (κ1) is 10.5. The smallest absolute Gasteiger partial charge is 0.109 e. The molecule has 0 radical (unpaired) electrons. The lowest BCUT2D eigenvalue weighted by Gasteiger charge is -2.13. The molecule has 0 bridgehead atoms. The van der Waals surface area contributed by atoms with Crippen molar-refractivity contribution in [1.82, 2.24) is 4.57 Å². The van der Waals surface area contributed by atoms with Gasteiger partial charge in [0.1, 0.15) is 4.64 Å². The molecule has 0 fully saturated rings. The third kappa shape index (κ3) is 1.83. The van der Waals surface area contributed by atoms with E-state index in [1.54, 1.807) is 0 Å². The lowest BCUT2D eigenvalue weighted by atomic mass is 10.1. The lowest BCUT2D eigenvalue weighted by Crippen LogP contribution is -2.06. The van der Waals surface area contributed by atoms with Gasteiger partial charge in [0.2, 0.25) is 0 Å². The van der Waals surface area contributed by atoms with Gasteiger partial charge >= 0.3 is 0 Å². The molecule has 1 heterocycles. The van der Waals surface area contributed by atoms with Crippen LogP contribution in [0.15, 0.2) is 6.07 Å². The van der Waals surface area contributed by atoms with Gasteiger partial charge in [0.15, 0.2) is 0 Å². The molecule has 2 heteroatoms. The molecule has 1 aromatic heterocycles. The van der Waals surface area contributed by atoms with E-state index in [0.29, 0.717) is 0 Å². The lowest BCUT2D eigenvalue weighted by molar-refractivity contribution is 0.705. The maximum Gasteiger partial charge on any atom is 0.109 e. The minimum atomic E-state index is 0.970. The van der Waals surface area contributed by atoms with E-state index >= 15 is 0 Å². The zero-order chi connectivity index (χ0) is 10.0. The monoisotopic (exact) mass is 195 g/mol. The summed E-state index contributed by atoms with van der Waals surface area (Å²) >= 11 is 5.43. The Hall–Kier alpha value is -0.630. The second kappa shape index (κ2) is 4.05. The van der Waals surface area contributed by atoms with Crippen LogP contribution >= 0.6 is 12.2 Å². The van der Waals surface area contributed by atoms with Gasteiger partial charge in [-0.25, -0.2) is 0 Å². The second-order valence-electron chi connectivity index (χ2n) is 3.35. The predicted octanol–water partition coefficient (Wildman–Crippen LogP) is 3.42. The van der Waals surface area contributed by atoms with E-state index in [1.165, 1.54) is 16.8 Å². The molecule has 0 amide bonds. The van der Waals surface area contributed by atoms with Crippen molar-refractivity contribution in [3.05, 3.63) is 27.5 Å². The van der Waals surface area contributed by atoms with Crippen molar-refractivity contribution in [2.24, 2.45) is 0 Å². The summed E-state index contributed by atoms with van der Waals surface area (Å²) in [6, 6.07) is 2.22. The van der Waals surface area contributed by atoms with E-state index < -0.39 is 0 Å². The summed E-state index contributed by atoms with van der Waals surface area (Å²) in [6.45, 7) is 9.52. The summed E-state index contributed by atoms with van der Waals surface area (Å²) in [5, 5.41) is 0. The van der Waals surface area contributed by atoms with Crippen molar-refractivity contribution in [2.45, 2.75) is 40.7 Å². The second-order valence-corrected chi connectivity index (χ2v) is 3.74. The van der Waals surface area contributed by atoms with Crippen LogP contribution in [0.4, 0.5) is 0 Å². The Morgan fingerprint density at radius 3 is 2.38 bits per heavy atom. The fraction of sp³-hybridized carbons (Fsp3) is 0.545. The number of aryl methyl sites for hydroxylation is 2. The summed E-state index contributed by atoms with van der Waals surface area (Å²) in [5.74, 6) is 0. The van der Waals surface area contributed by atoms with E-state index in [0.717, 1.165) is 17.6 Å². The minimum Gasteiger partial charge on any atom is -0.337 e. The van der Waals surface area contributed by atoms with Gasteiger partial charge in [0, 0.05) is 12.2 Å². The van der Waals surface area contributed by atoms with Gasteiger partial charge in [0.05, 0.1) is 0 Å². The molecule has 0 saturated carbocycles. The van der Waals surface area contributed by atoms with Crippen molar-refractivity contribution in [3.63, 3.8) is 0 Å². The van der Waals surface area contributed by atoms with Crippen molar-refractivity contribution < 1.29 is 0 Å². The molecule has 1 rings (SSSR count). The number of hydrogen-bond acceptors (Lipinski definition) is 1. The Morgan fingerprint density at radius 1 is 1.31 bits per heavy atom. The Balaban J connectivity index is 3.49. The molecule has 0 aromatic carbocycles. The van der Waals surface area contributed by atoms with Crippen LogP contribution in [0.5, 0.6) is 0 Å². The summed E-state index contributed by atoms with van der Waals surface area (Å²) in [5.41, 5.74) is 3.92. The normalized spacial score (nSPS) is 10.5. The first-order chi connectivity index (χ1) is 6.11. The fourth-order valence-corrected chi connectivity index (χ4v) is 2.37. The highest BCUT2D eigenvalue weighted by atomic mass is 32.1. The van der Waals surface area contributed by atoms with Gasteiger partial charge in [0.25, 0.3) is 0 Å². The van der Waals surface area contributed by atoms with E-state index in [2.05, 4.69) is 38.3 Å². The van der Waals surface area contributed by atoms with Crippen molar-refractivity contribution >= 4 is 12.2 Å². The third-order valence-corrected chi connectivity index (χ3v) is 2.97. The average molecular weight is 195 g/mol. The molecule has 0 atom stereocenters. The van der Waals surface area contributed by atoms with Crippen LogP contribution in [0, 0.1) is 18.5 Å². The molecule has 0 N–H and O–H groups in total. The molecular weight excluding hydrogens is 178 g/mol. The van der Waals surface area contributed by atoms with Crippen molar-refractivity contribution in [3.8, 4) is 0 Å². The highest BCUT2D eigenvalue weighted by Gasteiger charge is 2.03. The van der Waals surface area contributed by atoms with Gasteiger partial charge < -0.3 is 4.57 Å². The standard InChI is InChI=1S/C11H17NS/c1-5-10-8(3)7-9(4)12(6-2)11(10)13/h7H,5-6H2,1-4H3. The number of nitrogens with zero attached hydrogens (tertiary/aromatic N) is 1. The van der Waals surface area contributed by atoms with E-state index in [1.807, 2.05) is 0 Å². The first-order valence-electron chi connectivity index (χ1n) is 4.81. The van der Waals surface area contributed by atoms with Gasteiger partial charge in [-0.05, 0) is 44.4 Å². The summed E-state index contributed by atoms with van der Waals surface area (Å²) in [7, 11) is 0. The SMILES string of the molecule is CCc1c(C)cc(C)n(CC)c1=S. The van der Waals surface area contributed by atoms with Crippen molar-refractivity contribution in [2.75, 3.05) is 0 Å². The molecule has 0 unspecified atom stereocenters. The molecule has 0 aliphatic heterocycles. The molecule has 0 aliphatic carbocycles. The fourth-order valence-electron chi connectivity index (χ4n) is 1.79. The topological polar surface area (TPSA) is 4.93 Å². The van der Waals surface area contributed by atoms with Crippen LogP contribution in [-0.2, 0) is 13.0 Å². The number of hydrogen-bond donors (Lipinski definition) is 0. The summed E-state index contributed by atoms with van der Waals surface area (Å²) in [4.78, 5) is 0. The average Bonchev–Trinajstić information content (AvgIpc) is 2.04. The summed E-state index contributed by atoms with van der Waals surface area (Å²) < 4.78 is 3.21. The molecule has 0 spiro atoms. The number of pyridine rings is 1. The molecule has 13 heavy (non-hydrogen) atoms. The molecule has 1 aromatic rings. The van der Waals surface area contributed by atoms with E-state index in [-0.39, 0.29) is 0 Å². The molecular formula is C11H17NS. The Labute approximate surface area is 85.4 Å². The zero-order valence-electron chi connectivity index (χ0n) is 8.85. The van der Waals surface area contributed by atoms with Crippen LogP contribution in [0.2, 0.25) is 0 Å². The van der Waals surface area contributed by atoms with Gasteiger partial charge in [-0.2, -0.15) is 0 Å². The van der Waals surface area contributed by atoms with Crippen LogP contribution in [-0.4, -0.2) is 4.57 Å². The largest absolute Gasteiger partial charge is 0.337 e. The van der Waals surface area contributed by atoms with E-state index in [4.69, 9.17) is 12.2 Å². The number of aromatic nitrogens is 1. The van der Waals surface area contributed by atoms with E-state index in [9.17, 15) is 0 Å². The Kier molecular flexibility index (Phi) is 3.26. The van der Waals surface area contributed by atoms with Gasteiger partial charge in [-0.15, -0.1) is 0 Å². The van der Waals surface area contributed by atoms with Crippen LogP contribution < -0.4 is 0 Å². The minimum absolute atomic E-state index is 0.970. The Morgan fingerprint density at radius 2 is 1.92 bits per heavy atom. The molecule has 0 saturated heterocycles. The first-order valence-corrected chi connectivity index (χ1v) is 5.22. The third-order valence-electron chi connectivity index (χ3n) is 2.50. The molecule has 1 nitrogen and oxygen atoms in total.